The van der Waals surface area contributed by atoms with Crippen molar-refractivity contribution in [2.45, 2.75) is 102 Å². The van der Waals surface area contributed by atoms with E-state index in [0.29, 0.717) is 0 Å². The van der Waals surface area contributed by atoms with E-state index >= 15 is 0 Å². The summed E-state index contributed by atoms with van der Waals surface area (Å²) in [5.74, 6) is -1.98. The quantitative estimate of drug-likeness (QED) is 0.157. The zero-order valence-corrected chi connectivity index (χ0v) is 30.9. The zero-order chi connectivity index (χ0) is 38.5. The van der Waals surface area contributed by atoms with Crippen LogP contribution in [0.4, 0.5) is 0 Å². The number of nitrogens with two attached hydrogens (primary N) is 1. The second kappa shape index (κ2) is 20.4. The van der Waals surface area contributed by atoms with Gasteiger partial charge >= 0.3 is 17.9 Å². The lowest BCUT2D eigenvalue weighted by atomic mass is 9.95. The molecule has 54 heavy (non-hydrogen) atoms. The van der Waals surface area contributed by atoms with E-state index in [-0.39, 0.29) is 33.0 Å². The Morgan fingerprint density at radius 1 is 0.574 bits per heavy atom. The molecule has 3 aromatic carbocycles. The van der Waals surface area contributed by atoms with Gasteiger partial charge < -0.3 is 53.1 Å². The monoisotopic (exact) mass is 751 g/mol. The van der Waals surface area contributed by atoms with Crippen molar-refractivity contribution in [3.05, 3.63) is 108 Å². The second-order valence-electron chi connectivity index (χ2n) is 13.0. The standard InChI is InChI=1S/C40H49NO13/c1-25(42)47-24-32-34(50-26(2)43)36(51-27(3)44)33(41)39(52-32)54-35-31(23-46-20-28-14-8-5-9-15-28)53-40(45-4)38(49-22-30-18-12-7-13-19-30)37(35)48-21-29-16-10-6-11-17-29/h5-19,31-40H,20-24,41H2,1-4H3/t31-,32-,33-,34-,35-,36-,37+,38-,39+,40+/m1/s1. The Bertz CT molecular complexity index is 1600. The van der Waals surface area contributed by atoms with Crippen molar-refractivity contribution >= 4 is 17.9 Å². The van der Waals surface area contributed by atoms with Gasteiger partial charge in [0.05, 0.1) is 32.5 Å². The highest BCUT2D eigenvalue weighted by Gasteiger charge is 2.54. The number of methoxy groups -OCH3 is 1. The molecule has 0 radical (unpaired) electrons. The molecule has 0 aliphatic carbocycles. The molecule has 0 spiro atoms. The van der Waals surface area contributed by atoms with Gasteiger partial charge in [-0.05, 0) is 16.7 Å². The minimum Gasteiger partial charge on any atom is -0.463 e. The van der Waals surface area contributed by atoms with Crippen LogP contribution in [0.3, 0.4) is 0 Å². The number of benzene rings is 3. The average molecular weight is 752 g/mol. The Morgan fingerprint density at radius 2 is 1.06 bits per heavy atom. The first-order chi connectivity index (χ1) is 26.1. The number of ether oxygens (including phenoxy) is 10. The molecule has 10 atom stereocenters. The van der Waals surface area contributed by atoms with Crippen LogP contribution in [0.1, 0.15) is 37.5 Å². The van der Waals surface area contributed by atoms with E-state index in [2.05, 4.69) is 0 Å². The van der Waals surface area contributed by atoms with Crippen molar-refractivity contribution in [3.63, 3.8) is 0 Å². The van der Waals surface area contributed by atoms with Crippen molar-refractivity contribution < 1.29 is 61.8 Å². The topological polar surface area (TPSA) is 170 Å². The van der Waals surface area contributed by atoms with E-state index in [9.17, 15) is 14.4 Å². The lowest BCUT2D eigenvalue weighted by molar-refractivity contribution is -0.355. The van der Waals surface area contributed by atoms with Gasteiger partial charge in [-0.2, -0.15) is 0 Å². The molecular weight excluding hydrogens is 702 g/mol. The van der Waals surface area contributed by atoms with Crippen LogP contribution in [0.5, 0.6) is 0 Å². The summed E-state index contributed by atoms with van der Waals surface area (Å²) in [4.78, 5) is 36.4. The van der Waals surface area contributed by atoms with Crippen LogP contribution in [0, 0.1) is 0 Å². The van der Waals surface area contributed by atoms with E-state index in [4.69, 9.17) is 53.1 Å². The van der Waals surface area contributed by atoms with Crippen LogP contribution in [0.15, 0.2) is 91.0 Å². The van der Waals surface area contributed by atoms with Gasteiger partial charge in [-0.25, -0.2) is 0 Å². The van der Waals surface area contributed by atoms with Crippen LogP contribution < -0.4 is 5.73 Å². The minimum atomic E-state index is -1.33. The first-order valence-corrected chi connectivity index (χ1v) is 17.8. The maximum Gasteiger partial charge on any atom is 0.303 e. The van der Waals surface area contributed by atoms with Crippen LogP contribution in [-0.4, -0.2) is 99.6 Å². The largest absolute Gasteiger partial charge is 0.463 e. The molecule has 0 amide bonds. The number of carbonyl (C=O) groups is 3. The molecule has 0 bridgehead atoms. The van der Waals surface area contributed by atoms with Gasteiger partial charge in [-0.1, -0.05) is 91.0 Å². The van der Waals surface area contributed by atoms with Gasteiger partial charge in [0.25, 0.3) is 0 Å². The molecule has 2 N–H and O–H groups in total. The summed E-state index contributed by atoms with van der Waals surface area (Å²) < 4.78 is 61.2. The zero-order valence-electron chi connectivity index (χ0n) is 30.9. The van der Waals surface area contributed by atoms with Gasteiger partial charge in [-0.3, -0.25) is 14.4 Å². The van der Waals surface area contributed by atoms with E-state index in [1.807, 2.05) is 91.0 Å². The Kier molecular flexibility index (Phi) is 15.5. The summed E-state index contributed by atoms with van der Waals surface area (Å²) in [5, 5.41) is 0. The summed E-state index contributed by atoms with van der Waals surface area (Å²) in [6.07, 6.45) is -9.40. The van der Waals surface area contributed by atoms with Crippen molar-refractivity contribution in [1.29, 1.82) is 0 Å². The summed E-state index contributed by atoms with van der Waals surface area (Å²) in [7, 11) is 1.51. The maximum absolute atomic E-state index is 12.3. The van der Waals surface area contributed by atoms with Crippen LogP contribution >= 0.6 is 0 Å². The molecule has 14 nitrogen and oxygen atoms in total. The molecule has 2 fully saturated rings. The molecule has 3 aromatic rings. The highest BCUT2D eigenvalue weighted by Crippen LogP contribution is 2.34. The normalized spacial score (nSPS) is 28.2. The first-order valence-electron chi connectivity index (χ1n) is 17.8. The van der Waals surface area contributed by atoms with Crippen molar-refractivity contribution in [3.8, 4) is 0 Å². The van der Waals surface area contributed by atoms with E-state index in [1.54, 1.807) is 0 Å². The summed E-state index contributed by atoms with van der Waals surface area (Å²) >= 11 is 0. The molecule has 292 valence electrons. The van der Waals surface area contributed by atoms with Crippen molar-refractivity contribution in [2.75, 3.05) is 20.3 Å². The highest BCUT2D eigenvalue weighted by atomic mass is 16.8. The van der Waals surface area contributed by atoms with E-state index in [0.717, 1.165) is 16.7 Å². The average Bonchev–Trinajstić information content (AvgIpc) is 3.16. The Morgan fingerprint density at radius 3 is 1.57 bits per heavy atom. The summed E-state index contributed by atoms with van der Waals surface area (Å²) in [6, 6.07) is 27.7. The molecular formula is C40H49NO13. The fraction of sp³-hybridized carbons (Fsp3) is 0.475. The van der Waals surface area contributed by atoms with Crippen LogP contribution in [-0.2, 0) is 81.6 Å². The van der Waals surface area contributed by atoms with Crippen molar-refractivity contribution in [1.82, 2.24) is 0 Å². The Labute approximate surface area is 315 Å². The van der Waals surface area contributed by atoms with Gasteiger partial charge in [0, 0.05) is 27.9 Å². The Balaban J connectivity index is 1.50. The molecule has 2 saturated heterocycles. The SMILES string of the molecule is CO[C@H]1O[C@H](COCc2ccccc2)[C@@H](O[C@@H]2O[C@H](COC(C)=O)[C@@H](OC(C)=O)[C@H](OC(C)=O)[C@H]2N)[C@H](OCc2ccccc2)[C@H]1OCc1ccccc1. The van der Waals surface area contributed by atoms with Crippen molar-refractivity contribution in [2.24, 2.45) is 5.73 Å². The third-order valence-corrected chi connectivity index (χ3v) is 8.83. The molecule has 2 aliphatic heterocycles. The smallest absolute Gasteiger partial charge is 0.303 e. The minimum absolute atomic E-state index is 0.0261. The van der Waals surface area contributed by atoms with Gasteiger partial charge in [-0.15, -0.1) is 0 Å². The third kappa shape index (κ3) is 11.6. The second-order valence-corrected chi connectivity index (χ2v) is 13.0. The first kappa shape index (κ1) is 40.9. The predicted octanol–water partition coefficient (Wildman–Crippen LogP) is 3.61. The van der Waals surface area contributed by atoms with E-state index < -0.39 is 79.3 Å². The van der Waals surface area contributed by atoms with Gasteiger partial charge in [0.1, 0.15) is 37.1 Å². The third-order valence-electron chi connectivity index (χ3n) is 8.83. The number of esters is 3. The highest BCUT2D eigenvalue weighted by molar-refractivity contribution is 5.68. The lowest BCUT2D eigenvalue weighted by Gasteiger charge is -2.49. The molecule has 0 unspecified atom stereocenters. The van der Waals surface area contributed by atoms with Crippen LogP contribution in [0.25, 0.3) is 0 Å². The van der Waals surface area contributed by atoms with Gasteiger partial charge in [0.15, 0.2) is 24.8 Å². The molecule has 14 heteroatoms. The maximum atomic E-state index is 12.3. The molecule has 0 aromatic heterocycles. The molecule has 0 saturated carbocycles. The number of carbonyl (C=O) groups excluding carboxylic acids is 3. The number of hydrogen-bond donors (Lipinski definition) is 1. The fourth-order valence-corrected chi connectivity index (χ4v) is 6.34. The number of rotatable bonds is 17. The fourth-order valence-electron chi connectivity index (χ4n) is 6.34. The summed E-state index contributed by atoms with van der Waals surface area (Å²) in [5.41, 5.74) is 9.48. The van der Waals surface area contributed by atoms with E-state index in [1.165, 1.54) is 27.9 Å². The van der Waals surface area contributed by atoms with Crippen LogP contribution in [0.2, 0.25) is 0 Å². The van der Waals surface area contributed by atoms with Gasteiger partial charge in [0.2, 0.25) is 0 Å². The lowest BCUT2D eigenvalue weighted by Crippen LogP contribution is -2.68. The molecule has 2 heterocycles. The molecule has 2 aliphatic rings. The number of hydrogen-bond acceptors (Lipinski definition) is 14. The Hall–Kier alpha value is -4.25. The molecule has 5 rings (SSSR count). The predicted molar refractivity (Wildman–Crippen MR) is 191 cm³/mol. The summed E-state index contributed by atoms with van der Waals surface area (Å²) in [6.45, 7) is 3.93.